The predicted octanol–water partition coefficient (Wildman–Crippen LogP) is -4.88. The molecule has 16 heteroatoms. The van der Waals surface area contributed by atoms with E-state index < -0.39 is 72.4 Å². The second-order valence-electron chi connectivity index (χ2n) is 9.55. The number of aromatic amines is 1. The number of ether oxygens (including phenoxy) is 1. The number of rotatable bonds is 8. The molecular formula is C22H31N7O9. The Balaban J connectivity index is 1.46. The smallest absolute Gasteiger partial charge is 0.249 e. The second-order valence-corrected chi connectivity index (χ2v) is 9.55. The number of nitrogens with zero attached hydrogens (tertiary/aromatic N) is 2. The fourth-order valence-corrected chi connectivity index (χ4v) is 4.87. The Morgan fingerprint density at radius 2 is 1.92 bits per heavy atom. The number of aliphatic hydroxyl groups excluding tert-OH is 3. The number of nitrogens with one attached hydrogen (secondary N) is 4. The lowest BCUT2D eigenvalue weighted by molar-refractivity contribution is -0.226. The summed E-state index contributed by atoms with van der Waals surface area (Å²) in [6, 6.07) is -2.87. The third kappa shape index (κ3) is 5.77. The van der Waals surface area contributed by atoms with Crippen LogP contribution in [0, 0.1) is 0 Å². The summed E-state index contributed by atoms with van der Waals surface area (Å²) in [5.41, 5.74) is 5.74. The van der Waals surface area contributed by atoms with Gasteiger partial charge in [-0.05, 0) is 19.3 Å². The largest absolute Gasteiger partial charge is 0.387 e. The van der Waals surface area contributed by atoms with Crippen molar-refractivity contribution in [3.8, 4) is 0 Å². The fraction of sp³-hybridized carbons (Fsp3) is 0.636. The van der Waals surface area contributed by atoms with Gasteiger partial charge in [0.15, 0.2) is 12.3 Å². The van der Waals surface area contributed by atoms with E-state index in [1.807, 2.05) is 0 Å². The Morgan fingerprint density at radius 1 is 1.16 bits per heavy atom. The van der Waals surface area contributed by atoms with Gasteiger partial charge >= 0.3 is 0 Å². The van der Waals surface area contributed by atoms with Crippen molar-refractivity contribution in [3.05, 3.63) is 18.2 Å². The Kier molecular flexibility index (Phi) is 8.25. The topological polar surface area (TPSA) is 249 Å². The molecule has 3 aliphatic heterocycles. The van der Waals surface area contributed by atoms with E-state index in [-0.39, 0.29) is 31.7 Å². The average Bonchev–Trinajstić information content (AvgIpc) is 3.65. The molecule has 0 aromatic carbocycles. The van der Waals surface area contributed by atoms with Crippen molar-refractivity contribution < 1.29 is 44.0 Å². The average molecular weight is 538 g/mol. The molecule has 208 valence electrons. The number of aliphatic hydroxyl groups is 3. The molecule has 0 saturated carbocycles. The number of imidazole rings is 1. The van der Waals surface area contributed by atoms with Crippen LogP contribution in [0.5, 0.6) is 0 Å². The number of hydrogen-bond acceptors (Lipinski definition) is 10. The number of carbonyl (C=O) groups excluding carboxylic acids is 5. The highest BCUT2D eigenvalue weighted by molar-refractivity contribution is 5.95. The molecule has 1 aromatic heterocycles. The van der Waals surface area contributed by atoms with E-state index in [4.69, 9.17) is 10.5 Å². The molecular weight excluding hydrogens is 506 g/mol. The van der Waals surface area contributed by atoms with Crippen LogP contribution in [0.2, 0.25) is 0 Å². The molecule has 5 amide bonds. The summed E-state index contributed by atoms with van der Waals surface area (Å²) in [7, 11) is 0. The number of aromatic nitrogens is 2. The van der Waals surface area contributed by atoms with Crippen molar-refractivity contribution in [3.63, 3.8) is 0 Å². The fourth-order valence-electron chi connectivity index (χ4n) is 4.87. The summed E-state index contributed by atoms with van der Waals surface area (Å²) in [6.07, 6.45) is -4.47. The van der Waals surface area contributed by atoms with Crippen LogP contribution >= 0.6 is 0 Å². The third-order valence-electron chi connectivity index (χ3n) is 6.92. The highest BCUT2D eigenvalue weighted by Crippen LogP contribution is 2.23. The molecule has 38 heavy (non-hydrogen) atoms. The van der Waals surface area contributed by atoms with Crippen LogP contribution in [-0.4, -0.2) is 115 Å². The quantitative estimate of drug-likeness (QED) is 0.157. The summed E-state index contributed by atoms with van der Waals surface area (Å²) in [4.78, 5) is 70.7. The maximum atomic E-state index is 13.6. The molecule has 1 aromatic rings. The van der Waals surface area contributed by atoms with Crippen molar-refractivity contribution in [2.45, 2.75) is 80.9 Å². The van der Waals surface area contributed by atoms with E-state index >= 15 is 0 Å². The Bertz CT molecular complexity index is 1070. The van der Waals surface area contributed by atoms with Crippen molar-refractivity contribution in [2.75, 3.05) is 6.54 Å². The van der Waals surface area contributed by atoms with Crippen LogP contribution in [0.15, 0.2) is 12.5 Å². The number of primary amides is 1. The van der Waals surface area contributed by atoms with Crippen molar-refractivity contribution in [1.29, 1.82) is 0 Å². The molecule has 3 saturated heterocycles. The number of H-pyrrole nitrogens is 1. The van der Waals surface area contributed by atoms with Crippen LogP contribution in [0.1, 0.15) is 31.4 Å². The lowest BCUT2D eigenvalue weighted by atomic mass is 9.97. The van der Waals surface area contributed by atoms with E-state index in [0.717, 1.165) is 0 Å². The number of likely N-dealkylation sites (tertiary alicyclic amines) is 1. The van der Waals surface area contributed by atoms with Gasteiger partial charge in [0.25, 0.3) is 0 Å². The molecule has 0 radical (unpaired) electrons. The number of amides is 5. The van der Waals surface area contributed by atoms with Crippen LogP contribution in [0.4, 0.5) is 0 Å². The first-order valence-corrected chi connectivity index (χ1v) is 12.2. The highest BCUT2D eigenvalue weighted by atomic mass is 16.6. The lowest BCUT2D eigenvalue weighted by Gasteiger charge is -2.40. The minimum absolute atomic E-state index is 0.0465. The summed E-state index contributed by atoms with van der Waals surface area (Å²) in [5.74, 6) is -3.18. The SMILES string of the molecule is NC(=O)[C@H]1OC(NC(=O)[C@@H]2CCCN2C(=O)[C@H](Cc2cnc[nH]2)NC(=O)[C@@H]2CCC(=O)N2)[C@H](O)[C@@H](O)[C@@H]1O. The van der Waals surface area contributed by atoms with E-state index in [1.54, 1.807) is 0 Å². The molecule has 3 fully saturated rings. The van der Waals surface area contributed by atoms with Gasteiger partial charge in [0.2, 0.25) is 29.5 Å². The predicted molar refractivity (Wildman–Crippen MR) is 124 cm³/mol. The minimum Gasteiger partial charge on any atom is -0.387 e. The van der Waals surface area contributed by atoms with Gasteiger partial charge in [0, 0.05) is 31.3 Å². The molecule has 1 unspecified atom stereocenters. The molecule has 9 N–H and O–H groups in total. The van der Waals surface area contributed by atoms with Gasteiger partial charge in [-0.2, -0.15) is 0 Å². The molecule has 0 aliphatic carbocycles. The van der Waals surface area contributed by atoms with Crippen LogP contribution in [0.25, 0.3) is 0 Å². The van der Waals surface area contributed by atoms with Crippen molar-refractivity contribution in [2.24, 2.45) is 5.73 Å². The summed E-state index contributed by atoms with van der Waals surface area (Å²) < 4.78 is 5.23. The lowest BCUT2D eigenvalue weighted by Crippen LogP contribution is -2.66. The second kappa shape index (κ2) is 11.4. The Labute approximate surface area is 216 Å². The molecule has 0 bridgehead atoms. The Morgan fingerprint density at radius 3 is 2.55 bits per heavy atom. The molecule has 8 atom stereocenters. The normalized spacial score (nSPS) is 31.9. The van der Waals surface area contributed by atoms with E-state index in [2.05, 4.69) is 25.9 Å². The van der Waals surface area contributed by atoms with Gasteiger partial charge in [0.1, 0.15) is 36.4 Å². The zero-order valence-electron chi connectivity index (χ0n) is 20.3. The van der Waals surface area contributed by atoms with Gasteiger partial charge in [-0.15, -0.1) is 0 Å². The van der Waals surface area contributed by atoms with Gasteiger partial charge in [-0.25, -0.2) is 4.98 Å². The van der Waals surface area contributed by atoms with E-state index in [9.17, 15) is 39.3 Å². The highest BCUT2D eigenvalue weighted by Gasteiger charge is 2.48. The molecule has 0 spiro atoms. The Hall–Kier alpha value is -3.60. The first-order chi connectivity index (χ1) is 18.1. The van der Waals surface area contributed by atoms with Crippen LogP contribution in [-0.2, 0) is 35.1 Å². The molecule has 3 aliphatic rings. The van der Waals surface area contributed by atoms with E-state index in [0.29, 0.717) is 18.5 Å². The molecule has 4 heterocycles. The zero-order valence-corrected chi connectivity index (χ0v) is 20.3. The van der Waals surface area contributed by atoms with Crippen LogP contribution < -0.4 is 21.7 Å². The number of carbonyl (C=O) groups is 5. The number of hydrogen-bond donors (Lipinski definition) is 8. The van der Waals surface area contributed by atoms with Gasteiger partial charge in [-0.1, -0.05) is 0 Å². The standard InChI is InChI=1S/C22H31N7O9/c23-18(34)17-15(32)14(31)16(33)21(38-17)28-20(36)12-2-1-5-29(12)22(37)11(6-9-7-24-8-25-9)27-19(35)10-3-4-13(30)26-10/h7-8,10-12,14-17,21,31-33H,1-6H2,(H2,23,34)(H,24,25)(H,26,30)(H,27,35)(H,28,36)/t10-,11-,12-,14-,15-,16+,17-,21?/m0/s1. The molecule has 4 rings (SSSR count). The zero-order chi connectivity index (χ0) is 27.6. The van der Waals surface area contributed by atoms with Gasteiger partial charge in [-0.3, -0.25) is 24.0 Å². The van der Waals surface area contributed by atoms with Crippen molar-refractivity contribution >= 4 is 29.5 Å². The molecule has 16 nitrogen and oxygen atoms in total. The first-order valence-electron chi connectivity index (χ1n) is 12.2. The van der Waals surface area contributed by atoms with E-state index in [1.165, 1.54) is 17.4 Å². The third-order valence-corrected chi connectivity index (χ3v) is 6.92. The minimum atomic E-state index is -1.82. The van der Waals surface area contributed by atoms with Crippen molar-refractivity contribution in [1.82, 2.24) is 30.8 Å². The first kappa shape index (κ1) is 27.4. The maximum absolute atomic E-state index is 13.6. The maximum Gasteiger partial charge on any atom is 0.249 e. The monoisotopic (exact) mass is 537 g/mol. The summed E-state index contributed by atoms with van der Waals surface area (Å²) in [5, 5.41) is 37.8. The number of nitrogens with two attached hydrogens (primary N) is 1. The van der Waals surface area contributed by atoms with Crippen LogP contribution in [0.3, 0.4) is 0 Å². The van der Waals surface area contributed by atoms with Gasteiger partial charge in [0.05, 0.1) is 6.33 Å². The van der Waals surface area contributed by atoms with Gasteiger partial charge < -0.3 is 51.6 Å². The summed E-state index contributed by atoms with van der Waals surface area (Å²) in [6.45, 7) is 0.200. The summed E-state index contributed by atoms with van der Waals surface area (Å²) >= 11 is 0.